The number of benzene rings is 2. The van der Waals surface area contributed by atoms with Gasteiger partial charge in [0.1, 0.15) is 5.02 Å². The lowest BCUT2D eigenvalue weighted by atomic mass is 9.68. The number of carbonyl (C=O) groups excluding carboxylic acids is 1. The first-order valence-corrected chi connectivity index (χ1v) is 8.58. The van der Waals surface area contributed by atoms with E-state index in [1.165, 1.54) is 5.56 Å². The Hall–Kier alpha value is -1.22. The zero-order valence-corrected chi connectivity index (χ0v) is 14.5. The summed E-state index contributed by atoms with van der Waals surface area (Å²) in [5, 5.41) is 0.699. The van der Waals surface area contributed by atoms with Crippen LogP contribution in [-0.4, -0.2) is 5.97 Å². The summed E-state index contributed by atoms with van der Waals surface area (Å²) in [5.41, 5.74) is 1.28. The Kier molecular flexibility index (Phi) is 5.15. The summed E-state index contributed by atoms with van der Waals surface area (Å²) in [6.07, 6.45) is 2.51. The van der Waals surface area contributed by atoms with Crippen LogP contribution < -0.4 is 4.74 Å². The van der Waals surface area contributed by atoms with Gasteiger partial charge in [0.05, 0.1) is 10.0 Å². The molecule has 1 saturated carbocycles. The van der Waals surface area contributed by atoms with Crippen LogP contribution in [0, 0.1) is 5.92 Å². The van der Waals surface area contributed by atoms with Gasteiger partial charge in [-0.25, -0.2) is 0 Å². The fourth-order valence-electron chi connectivity index (χ4n) is 2.92. The lowest BCUT2D eigenvalue weighted by molar-refractivity contribution is -0.136. The van der Waals surface area contributed by atoms with Gasteiger partial charge in [0.25, 0.3) is 0 Å². The Bertz CT molecular complexity index is 716. The van der Waals surface area contributed by atoms with Crippen molar-refractivity contribution in [1.29, 1.82) is 0 Å². The van der Waals surface area contributed by atoms with E-state index >= 15 is 0 Å². The molecule has 0 radical (unpaired) electrons. The van der Waals surface area contributed by atoms with Gasteiger partial charge in [0.15, 0.2) is 5.75 Å². The molecule has 0 spiro atoms. The van der Waals surface area contributed by atoms with Gasteiger partial charge in [-0.1, -0.05) is 65.1 Å². The fourth-order valence-corrected chi connectivity index (χ4v) is 3.48. The Morgan fingerprint density at radius 2 is 1.74 bits per heavy atom. The number of halogens is 3. The molecule has 1 aliphatic carbocycles. The minimum Gasteiger partial charge on any atom is -0.425 e. The van der Waals surface area contributed by atoms with Gasteiger partial charge in [-0.15, -0.1) is 0 Å². The molecule has 0 N–H and O–H groups in total. The third-order valence-electron chi connectivity index (χ3n) is 4.30. The van der Waals surface area contributed by atoms with E-state index in [9.17, 15) is 4.79 Å². The van der Waals surface area contributed by atoms with E-state index in [1.54, 1.807) is 12.1 Å². The van der Waals surface area contributed by atoms with Crippen LogP contribution in [0.4, 0.5) is 0 Å². The fraction of sp³-hybridized carbons (Fsp3) is 0.278. The minimum absolute atomic E-state index is 0.167. The second kappa shape index (κ2) is 7.12. The van der Waals surface area contributed by atoms with Crippen LogP contribution in [0.15, 0.2) is 42.5 Å². The quantitative estimate of drug-likeness (QED) is 0.368. The largest absolute Gasteiger partial charge is 0.425 e. The molecule has 0 bridgehead atoms. The molecule has 0 aromatic heterocycles. The molecule has 23 heavy (non-hydrogen) atoms. The van der Waals surface area contributed by atoms with Crippen molar-refractivity contribution in [1.82, 2.24) is 0 Å². The molecule has 2 aromatic rings. The number of hydrogen-bond acceptors (Lipinski definition) is 2. The highest BCUT2D eigenvalue weighted by atomic mass is 35.5. The highest BCUT2D eigenvalue weighted by molar-refractivity contribution is 6.48. The summed E-state index contributed by atoms with van der Waals surface area (Å²) < 4.78 is 5.36. The van der Waals surface area contributed by atoms with Crippen molar-refractivity contribution in [2.75, 3.05) is 0 Å². The Morgan fingerprint density at radius 3 is 2.39 bits per heavy atom. The zero-order chi connectivity index (χ0) is 16.4. The summed E-state index contributed by atoms with van der Waals surface area (Å²) in [6, 6.07) is 13.4. The van der Waals surface area contributed by atoms with Crippen molar-refractivity contribution in [2.45, 2.75) is 25.2 Å². The number of esters is 1. The predicted octanol–water partition coefficient (Wildman–Crippen LogP) is 6.14. The maximum absolute atomic E-state index is 12.2. The molecule has 2 nitrogen and oxygen atoms in total. The van der Waals surface area contributed by atoms with Crippen molar-refractivity contribution < 1.29 is 9.53 Å². The second-order valence-electron chi connectivity index (χ2n) is 5.71. The van der Waals surface area contributed by atoms with Crippen LogP contribution in [0.5, 0.6) is 5.75 Å². The number of hydrogen-bond donors (Lipinski definition) is 0. The van der Waals surface area contributed by atoms with Crippen molar-refractivity contribution >= 4 is 40.8 Å². The molecule has 0 aliphatic heterocycles. The third kappa shape index (κ3) is 3.65. The summed E-state index contributed by atoms with van der Waals surface area (Å²) in [4.78, 5) is 12.2. The molecule has 3 rings (SSSR count). The number of carbonyl (C=O) groups is 1. The van der Waals surface area contributed by atoms with Gasteiger partial charge in [0.2, 0.25) is 0 Å². The third-order valence-corrected chi connectivity index (χ3v) is 5.57. The molecule has 1 fully saturated rings. The summed E-state index contributed by atoms with van der Waals surface area (Å²) in [7, 11) is 0. The van der Waals surface area contributed by atoms with Crippen LogP contribution >= 0.6 is 34.8 Å². The van der Waals surface area contributed by atoms with E-state index in [0.29, 0.717) is 23.3 Å². The maximum Gasteiger partial charge on any atom is 0.311 e. The molecular formula is C18H15Cl3O2. The highest BCUT2D eigenvalue weighted by Gasteiger charge is 2.34. The van der Waals surface area contributed by atoms with Gasteiger partial charge < -0.3 is 4.74 Å². The van der Waals surface area contributed by atoms with E-state index in [2.05, 4.69) is 12.1 Å². The average molecular weight is 370 g/mol. The minimum atomic E-state index is -0.295. The van der Waals surface area contributed by atoms with Crippen LogP contribution in [0.25, 0.3) is 0 Å². The van der Waals surface area contributed by atoms with Crippen LogP contribution in [-0.2, 0) is 4.79 Å². The Labute approximate surface area is 150 Å². The molecule has 0 amide bonds. The Balaban J connectivity index is 1.63. The lowest BCUT2D eigenvalue weighted by Gasteiger charge is -2.36. The second-order valence-corrected chi connectivity index (χ2v) is 6.87. The number of rotatable bonds is 4. The van der Waals surface area contributed by atoms with E-state index in [1.807, 2.05) is 18.2 Å². The normalized spacial score (nSPS) is 20.0. The first kappa shape index (κ1) is 16.6. The topological polar surface area (TPSA) is 26.3 Å². The van der Waals surface area contributed by atoms with Crippen LogP contribution in [0.2, 0.25) is 15.1 Å². The van der Waals surface area contributed by atoms with Crippen LogP contribution in [0.1, 0.15) is 30.7 Å². The van der Waals surface area contributed by atoms with E-state index in [4.69, 9.17) is 39.5 Å². The SMILES string of the molecule is O=C(CC1CCC1c1ccccc1)Oc1ccc(Cl)c(Cl)c1Cl. The first-order valence-electron chi connectivity index (χ1n) is 7.45. The highest BCUT2D eigenvalue weighted by Crippen LogP contribution is 2.45. The van der Waals surface area contributed by atoms with Crippen molar-refractivity contribution in [3.05, 3.63) is 63.1 Å². The molecule has 2 aromatic carbocycles. The molecule has 0 heterocycles. The predicted molar refractivity (Wildman–Crippen MR) is 93.6 cm³/mol. The maximum atomic E-state index is 12.2. The monoisotopic (exact) mass is 368 g/mol. The van der Waals surface area contributed by atoms with Crippen molar-refractivity contribution in [3.8, 4) is 5.75 Å². The summed E-state index contributed by atoms with van der Waals surface area (Å²) in [6.45, 7) is 0. The molecule has 5 heteroatoms. The smallest absolute Gasteiger partial charge is 0.311 e. The molecular weight excluding hydrogens is 355 g/mol. The Morgan fingerprint density at radius 1 is 1.00 bits per heavy atom. The molecule has 0 saturated heterocycles. The van der Waals surface area contributed by atoms with Gasteiger partial charge in [-0.2, -0.15) is 0 Å². The zero-order valence-electron chi connectivity index (χ0n) is 12.3. The van der Waals surface area contributed by atoms with E-state index in [0.717, 1.165) is 12.8 Å². The number of ether oxygens (including phenoxy) is 1. The molecule has 1 aliphatic rings. The van der Waals surface area contributed by atoms with Crippen molar-refractivity contribution in [2.24, 2.45) is 5.92 Å². The standard InChI is InChI=1S/C18H15Cl3O2/c19-14-8-9-15(18(21)17(14)20)23-16(22)10-12-6-7-13(12)11-4-2-1-3-5-11/h1-5,8-9,12-13H,6-7,10H2. The average Bonchev–Trinajstić information content (AvgIpc) is 2.53. The summed E-state index contributed by atoms with van der Waals surface area (Å²) >= 11 is 17.9. The van der Waals surface area contributed by atoms with Gasteiger partial charge in [0, 0.05) is 6.42 Å². The lowest BCUT2D eigenvalue weighted by Crippen LogP contribution is -2.27. The van der Waals surface area contributed by atoms with Gasteiger partial charge in [-0.3, -0.25) is 4.79 Å². The molecule has 120 valence electrons. The van der Waals surface area contributed by atoms with Crippen molar-refractivity contribution in [3.63, 3.8) is 0 Å². The van der Waals surface area contributed by atoms with E-state index < -0.39 is 0 Å². The van der Waals surface area contributed by atoms with Gasteiger partial charge >= 0.3 is 5.97 Å². The van der Waals surface area contributed by atoms with Gasteiger partial charge in [-0.05, 0) is 42.4 Å². The summed E-state index contributed by atoms with van der Waals surface area (Å²) in [5.74, 6) is 0.692. The first-order chi connectivity index (χ1) is 11.1. The van der Waals surface area contributed by atoms with Crippen LogP contribution in [0.3, 0.4) is 0 Å². The molecule has 2 unspecified atom stereocenters. The molecule has 2 atom stereocenters. The van der Waals surface area contributed by atoms with E-state index in [-0.39, 0.29) is 21.8 Å².